The van der Waals surface area contributed by atoms with E-state index in [0.29, 0.717) is 32.8 Å². The predicted molar refractivity (Wildman–Crippen MR) is 46.7 cm³/mol. The second-order valence-electron chi connectivity index (χ2n) is 2.21. The summed E-state index contributed by atoms with van der Waals surface area (Å²) in [4.78, 5) is 0. The molecule has 0 saturated carbocycles. The smallest absolute Gasteiger partial charge is 0.182 e. The van der Waals surface area contributed by atoms with Crippen LogP contribution in [0.25, 0.3) is 0 Å². The van der Waals surface area contributed by atoms with E-state index in [0.717, 1.165) is 0 Å². The van der Waals surface area contributed by atoms with Gasteiger partial charge in [0.25, 0.3) is 0 Å². The van der Waals surface area contributed by atoms with E-state index >= 15 is 0 Å². The van der Waals surface area contributed by atoms with Crippen LogP contribution < -0.4 is 0 Å². The van der Waals surface area contributed by atoms with Crippen LogP contribution in [0.5, 0.6) is 0 Å². The van der Waals surface area contributed by atoms with E-state index < -0.39 is 0 Å². The van der Waals surface area contributed by atoms with Crippen LogP contribution in [-0.2, 0) is 14.2 Å². The number of ether oxygens (including phenoxy) is 3. The van der Waals surface area contributed by atoms with Gasteiger partial charge in [0.15, 0.2) is 5.90 Å². The van der Waals surface area contributed by atoms with Crippen LogP contribution in [0.15, 0.2) is 0 Å². The van der Waals surface area contributed by atoms with E-state index in [1.165, 1.54) is 0 Å². The number of hydrogen-bond donors (Lipinski definition) is 1. The molecular weight excluding hydrogens is 158 g/mol. The van der Waals surface area contributed by atoms with Gasteiger partial charge < -0.3 is 14.2 Å². The average Bonchev–Trinajstić information content (AvgIpc) is 2.05. The van der Waals surface area contributed by atoms with Gasteiger partial charge in [0.2, 0.25) is 0 Å². The van der Waals surface area contributed by atoms with Crippen molar-refractivity contribution in [2.45, 2.75) is 13.3 Å². The molecular formula is C8H17NO3. The SMILES string of the molecule is CCOC(=N)CCOCCOC. The molecule has 0 aromatic rings. The fourth-order valence-corrected chi connectivity index (χ4v) is 0.656. The molecule has 0 unspecified atom stereocenters. The molecule has 1 N–H and O–H groups in total. The molecule has 12 heavy (non-hydrogen) atoms. The Morgan fingerprint density at radius 1 is 1.25 bits per heavy atom. The molecule has 72 valence electrons. The van der Waals surface area contributed by atoms with Crippen molar-refractivity contribution in [1.29, 1.82) is 5.41 Å². The topological polar surface area (TPSA) is 51.5 Å². The van der Waals surface area contributed by atoms with Crippen LogP contribution in [0.1, 0.15) is 13.3 Å². The molecule has 0 atom stereocenters. The van der Waals surface area contributed by atoms with Gasteiger partial charge >= 0.3 is 0 Å². The van der Waals surface area contributed by atoms with Crippen molar-refractivity contribution in [2.75, 3.05) is 33.5 Å². The van der Waals surface area contributed by atoms with Crippen molar-refractivity contribution in [3.05, 3.63) is 0 Å². The summed E-state index contributed by atoms with van der Waals surface area (Å²) >= 11 is 0. The van der Waals surface area contributed by atoms with Crippen LogP contribution in [0.3, 0.4) is 0 Å². The van der Waals surface area contributed by atoms with Gasteiger partial charge in [0, 0.05) is 13.5 Å². The number of hydrogen-bond acceptors (Lipinski definition) is 4. The molecule has 0 aliphatic carbocycles. The lowest BCUT2D eigenvalue weighted by Gasteiger charge is -2.05. The third kappa shape index (κ3) is 7.50. The van der Waals surface area contributed by atoms with Crippen LogP contribution in [0.2, 0.25) is 0 Å². The maximum Gasteiger partial charge on any atom is 0.182 e. The third-order valence-electron chi connectivity index (χ3n) is 1.22. The zero-order valence-corrected chi connectivity index (χ0v) is 7.76. The molecule has 0 rings (SSSR count). The molecule has 0 aliphatic rings. The molecule has 0 fully saturated rings. The zero-order valence-electron chi connectivity index (χ0n) is 7.76. The van der Waals surface area contributed by atoms with Crippen molar-refractivity contribution < 1.29 is 14.2 Å². The molecule has 4 nitrogen and oxygen atoms in total. The Kier molecular flexibility index (Phi) is 8.05. The largest absolute Gasteiger partial charge is 0.481 e. The molecule has 0 saturated heterocycles. The zero-order chi connectivity index (χ0) is 9.23. The monoisotopic (exact) mass is 175 g/mol. The van der Waals surface area contributed by atoms with Crippen LogP contribution >= 0.6 is 0 Å². The van der Waals surface area contributed by atoms with E-state index in [4.69, 9.17) is 19.6 Å². The third-order valence-corrected chi connectivity index (χ3v) is 1.22. The van der Waals surface area contributed by atoms with Gasteiger partial charge in [0.05, 0.1) is 26.4 Å². The van der Waals surface area contributed by atoms with Crippen LogP contribution in [0.4, 0.5) is 0 Å². The van der Waals surface area contributed by atoms with Crippen LogP contribution in [-0.4, -0.2) is 39.4 Å². The summed E-state index contributed by atoms with van der Waals surface area (Å²) in [5.41, 5.74) is 0. The first-order valence-corrected chi connectivity index (χ1v) is 4.08. The summed E-state index contributed by atoms with van der Waals surface area (Å²) in [6.45, 7) is 4.12. The number of nitrogens with one attached hydrogen (secondary N) is 1. The molecule has 0 bridgehead atoms. The fraction of sp³-hybridized carbons (Fsp3) is 0.875. The van der Waals surface area contributed by atoms with Gasteiger partial charge in [-0.25, -0.2) is 0 Å². The van der Waals surface area contributed by atoms with Gasteiger partial charge in [-0.1, -0.05) is 0 Å². The normalized spacial score (nSPS) is 9.83. The minimum atomic E-state index is 0.287. The first kappa shape index (κ1) is 11.4. The van der Waals surface area contributed by atoms with Crippen molar-refractivity contribution in [2.24, 2.45) is 0 Å². The Labute approximate surface area is 73.3 Å². The van der Waals surface area contributed by atoms with Gasteiger partial charge in [-0.05, 0) is 6.92 Å². The molecule has 0 aromatic heterocycles. The Bertz CT molecular complexity index is 117. The molecule has 0 aromatic carbocycles. The second kappa shape index (κ2) is 8.49. The number of rotatable bonds is 7. The average molecular weight is 175 g/mol. The molecule has 0 radical (unpaired) electrons. The lowest BCUT2D eigenvalue weighted by molar-refractivity contribution is 0.0723. The molecule has 0 amide bonds. The van der Waals surface area contributed by atoms with Crippen LogP contribution in [0, 0.1) is 5.41 Å². The standard InChI is InChI=1S/C8H17NO3/c1-3-12-8(9)4-5-11-7-6-10-2/h9H,3-7H2,1-2H3. The summed E-state index contributed by atoms with van der Waals surface area (Å²) in [7, 11) is 1.63. The maximum atomic E-state index is 7.24. The summed E-state index contributed by atoms with van der Waals surface area (Å²) < 4.78 is 14.9. The molecule has 0 spiro atoms. The van der Waals surface area contributed by atoms with Crippen molar-refractivity contribution >= 4 is 5.90 Å². The Hall–Kier alpha value is -0.610. The first-order valence-electron chi connectivity index (χ1n) is 4.08. The van der Waals surface area contributed by atoms with E-state index in [1.807, 2.05) is 6.92 Å². The molecule has 0 heterocycles. The Balaban J connectivity index is 3.03. The summed E-state index contributed by atoms with van der Waals surface area (Å²) in [5.74, 6) is 0.287. The maximum absolute atomic E-state index is 7.24. The highest BCUT2D eigenvalue weighted by atomic mass is 16.5. The van der Waals surface area contributed by atoms with Crippen molar-refractivity contribution in [1.82, 2.24) is 0 Å². The lowest BCUT2D eigenvalue weighted by Crippen LogP contribution is -2.09. The van der Waals surface area contributed by atoms with E-state index in [9.17, 15) is 0 Å². The Morgan fingerprint density at radius 2 is 2.00 bits per heavy atom. The highest BCUT2D eigenvalue weighted by Crippen LogP contribution is 1.88. The molecule has 0 aliphatic heterocycles. The highest BCUT2D eigenvalue weighted by Gasteiger charge is 1.95. The fourth-order valence-electron chi connectivity index (χ4n) is 0.656. The lowest BCUT2D eigenvalue weighted by atomic mass is 10.4. The summed E-state index contributed by atoms with van der Waals surface area (Å²) in [5, 5.41) is 7.24. The van der Waals surface area contributed by atoms with E-state index in [-0.39, 0.29) is 5.90 Å². The van der Waals surface area contributed by atoms with Gasteiger partial charge in [-0.3, -0.25) is 5.41 Å². The molecule has 4 heteroatoms. The van der Waals surface area contributed by atoms with E-state index in [1.54, 1.807) is 7.11 Å². The van der Waals surface area contributed by atoms with E-state index in [2.05, 4.69) is 0 Å². The van der Waals surface area contributed by atoms with Crippen molar-refractivity contribution in [3.8, 4) is 0 Å². The minimum Gasteiger partial charge on any atom is -0.481 e. The summed E-state index contributed by atoms with van der Waals surface area (Å²) in [6.07, 6.45) is 0.539. The minimum absolute atomic E-state index is 0.287. The predicted octanol–water partition coefficient (Wildman–Crippen LogP) is 1.05. The van der Waals surface area contributed by atoms with Gasteiger partial charge in [-0.2, -0.15) is 0 Å². The second-order valence-corrected chi connectivity index (χ2v) is 2.21. The summed E-state index contributed by atoms with van der Waals surface area (Å²) in [6, 6.07) is 0. The highest BCUT2D eigenvalue weighted by molar-refractivity contribution is 5.72. The van der Waals surface area contributed by atoms with Gasteiger partial charge in [0.1, 0.15) is 0 Å². The Morgan fingerprint density at radius 3 is 2.58 bits per heavy atom. The van der Waals surface area contributed by atoms with Gasteiger partial charge in [-0.15, -0.1) is 0 Å². The first-order chi connectivity index (χ1) is 5.81. The quantitative estimate of drug-likeness (QED) is 0.357. The number of methoxy groups -OCH3 is 1. The van der Waals surface area contributed by atoms with Crippen molar-refractivity contribution in [3.63, 3.8) is 0 Å².